The van der Waals surface area contributed by atoms with Crippen LogP contribution in [0.3, 0.4) is 0 Å². The molecule has 3 rings (SSSR count). The van der Waals surface area contributed by atoms with Gasteiger partial charge in [0.15, 0.2) is 0 Å². The number of hydrogen-bond acceptors (Lipinski definition) is 2. The number of benzene rings is 2. The van der Waals surface area contributed by atoms with Crippen molar-refractivity contribution < 1.29 is 0 Å². The lowest BCUT2D eigenvalue weighted by Crippen LogP contribution is -1.95. The number of hydrogen-bond donors (Lipinski definition) is 0. The highest BCUT2D eigenvalue weighted by Gasteiger charge is 2.13. The lowest BCUT2D eigenvalue weighted by Gasteiger charge is -2.09. The predicted molar refractivity (Wildman–Crippen MR) is 91.2 cm³/mol. The Morgan fingerprint density at radius 2 is 2.05 bits per heavy atom. The maximum absolute atomic E-state index is 6.19. The zero-order valence-corrected chi connectivity index (χ0v) is 14.1. The van der Waals surface area contributed by atoms with Crippen LogP contribution in [0, 0.1) is 6.92 Å². The highest BCUT2D eigenvalue weighted by molar-refractivity contribution is 9.09. The first kappa shape index (κ1) is 14.1. The molecule has 2 aromatic carbocycles. The Balaban J connectivity index is 1.84. The van der Waals surface area contributed by atoms with Crippen molar-refractivity contribution in [3.63, 3.8) is 0 Å². The highest BCUT2D eigenvalue weighted by Crippen LogP contribution is 2.32. The summed E-state index contributed by atoms with van der Waals surface area (Å²) in [5.41, 5.74) is 3.38. The standard InChI is InChI=1S/C16H13BrClNS/c1-10-6-7-11(8-13(10)18)12(17)9-16-19-14-4-2-3-5-15(14)20-16/h2-8,12H,9H2,1H3. The van der Waals surface area contributed by atoms with Crippen molar-refractivity contribution in [2.24, 2.45) is 0 Å². The molecule has 1 heterocycles. The maximum atomic E-state index is 6.19. The summed E-state index contributed by atoms with van der Waals surface area (Å²) < 4.78 is 1.24. The fourth-order valence-corrected chi connectivity index (χ4v) is 4.09. The largest absolute Gasteiger partial charge is 0.241 e. The van der Waals surface area contributed by atoms with Crippen LogP contribution in [-0.2, 0) is 6.42 Å². The van der Waals surface area contributed by atoms with Crippen LogP contribution in [0.1, 0.15) is 21.0 Å². The number of aromatic nitrogens is 1. The molecule has 0 bridgehead atoms. The Kier molecular flexibility index (Phi) is 4.11. The van der Waals surface area contributed by atoms with E-state index in [2.05, 4.69) is 51.2 Å². The average molecular weight is 367 g/mol. The number of aryl methyl sites for hydroxylation is 1. The van der Waals surface area contributed by atoms with Crippen LogP contribution < -0.4 is 0 Å². The third-order valence-corrected chi connectivity index (χ3v) is 5.57. The van der Waals surface area contributed by atoms with E-state index < -0.39 is 0 Å². The minimum absolute atomic E-state index is 0.237. The van der Waals surface area contributed by atoms with Crippen LogP contribution >= 0.6 is 38.9 Å². The molecule has 102 valence electrons. The molecule has 0 radical (unpaired) electrons. The minimum atomic E-state index is 0.237. The number of halogens is 2. The molecule has 0 aliphatic carbocycles. The van der Waals surface area contributed by atoms with Crippen molar-refractivity contribution >= 4 is 49.1 Å². The fraction of sp³-hybridized carbons (Fsp3) is 0.188. The summed E-state index contributed by atoms with van der Waals surface area (Å²) in [6.07, 6.45) is 0.874. The molecule has 3 aromatic rings. The first-order valence-corrected chi connectivity index (χ1v) is 8.49. The van der Waals surface area contributed by atoms with E-state index in [0.717, 1.165) is 27.5 Å². The quantitative estimate of drug-likeness (QED) is 0.523. The number of nitrogens with zero attached hydrogens (tertiary/aromatic N) is 1. The van der Waals surface area contributed by atoms with Crippen LogP contribution in [0.15, 0.2) is 42.5 Å². The van der Waals surface area contributed by atoms with Gasteiger partial charge in [-0.25, -0.2) is 4.98 Å². The van der Waals surface area contributed by atoms with Crippen molar-refractivity contribution in [1.82, 2.24) is 4.98 Å². The molecule has 0 saturated heterocycles. The van der Waals surface area contributed by atoms with Gasteiger partial charge in [-0.1, -0.05) is 51.8 Å². The molecule has 0 fully saturated rings. The number of fused-ring (bicyclic) bond motifs is 1. The summed E-state index contributed by atoms with van der Waals surface area (Å²) in [5.74, 6) is 0. The highest BCUT2D eigenvalue weighted by atomic mass is 79.9. The second-order valence-electron chi connectivity index (χ2n) is 4.76. The SMILES string of the molecule is Cc1ccc(C(Br)Cc2nc3ccccc3s2)cc1Cl. The van der Waals surface area contributed by atoms with Gasteiger partial charge in [-0.3, -0.25) is 0 Å². The summed E-state index contributed by atoms with van der Waals surface area (Å²) in [7, 11) is 0. The van der Waals surface area contributed by atoms with E-state index in [9.17, 15) is 0 Å². The Hall–Kier alpha value is -0.900. The van der Waals surface area contributed by atoms with Crippen LogP contribution in [0.5, 0.6) is 0 Å². The van der Waals surface area contributed by atoms with Crippen LogP contribution in [0.4, 0.5) is 0 Å². The van der Waals surface area contributed by atoms with Crippen molar-refractivity contribution in [1.29, 1.82) is 0 Å². The van der Waals surface area contributed by atoms with E-state index >= 15 is 0 Å². The topological polar surface area (TPSA) is 12.9 Å². The lowest BCUT2D eigenvalue weighted by atomic mass is 10.1. The van der Waals surface area contributed by atoms with Gasteiger partial charge in [0.1, 0.15) is 0 Å². The van der Waals surface area contributed by atoms with Crippen molar-refractivity contribution in [3.05, 3.63) is 63.6 Å². The number of alkyl halides is 1. The fourth-order valence-electron chi connectivity index (χ4n) is 2.08. The lowest BCUT2D eigenvalue weighted by molar-refractivity contribution is 0.938. The molecule has 20 heavy (non-hydrogen) atoms. The van der Waals surface area contributed by atoms with Gasteiger partial charge < -0.3 is 0 Å². The third-order valence-electron chi connectivity index (χ3n) is 3.25. The van der Waals surface area contributed by atoms with E-state index in [-0.39, 0.29) is 4.83 Å². The molecule has 1 aromatic heterocycles. The molecule has 1 atom stereocenters. The van der Waals surface area contributed by atoms with Gasteiger partial charge in [0.05, 0.1) is 15.2 Å². The van der Waals surface area contributed by atoms with Gasteiger partial charge in [0, 0.05) is 16.3 Å². The number of thiazole rings is 1. The normalized spacial score (nSPS) is 12.8. The van der Waals surface area contributed by atoms with Gasteiger partial charge in [0.2, 0.25) is 0 Å². The molecule has 1 nitrogen and oxygen atoms in total. The molecule has 0 N–H and O–H groups in total. The summed E-state index contributed by atoms with van der Waals surface area (Å²) in [4.78, 5) is 4.91. The summed E-state index contributed by atoms with van der Waals surface area (Å²) in [5, 5.41) is 1.96. The van der Waals surface area contributed by atoms with Crippen LogP contribution in [0.2, 0.25) is 5.02 Å². The molecular weight excluding hydrogens is 354 g/mol. The Labute approximate surface area is 135 Å². The third kappa shape index (κ3) is 2.90. The maximum Gasteiger partial charge on any atom is 0.0953 e. The number of rotatable bonds is 3. The monoisotopic (exact) mass is 365 g/mol. The molecule has 0 spiro atoms. The average Bonchev–Trinajstić information content (AvgIpc) is 2.83. The Morgan fingerprint density at radius 3 is 2.80 bits per heavy atom. The second-order valence-corrected chi connectivity index (χ2v) is 7.38. The van der Waals surface area contributed by atoms with E-state index in [0.29, 0.717) is 0 Å². The van der Waals surface area contributed by atoms with E-state index in [1.54, 1.807) is 11.3 Å². The zero-order chi connectivity index (χ0) is 14.1. The molecule has 4 heteroatoms. The van der Waals surface area contributed by atoms with Crippen LogP contribution in [-0.4, -0.2) is 4.98 Å². The van der Waals surface area contributed by atoms with Crippen molar-refractivity contribution in [2.45, 2.75) is 18.2 Å². The van der Waals surface area contributed by atoms with Gasteiger partial charge in [-0.05, 0) is 36.2 Å². The van der Waals surface area contributed by atoms with Gasteiger partial charge in [-0.2, -0.15) is 0 Å². The molecule has 0 amide bonds. The molecule has 1 unspecified atom stereocenters. The van der Waals surface area contributed by atoms with E-state index in [1.807, 2.05) is 19.1 Å². The molecule has 0 saturated carbocycles. The predicted octanol–water partition coefficient (Wildman–Crippen LogP) is 5.94. The van der Waals surface area contributed by atoms with E-state index in [4.69, 9.17) is 11.6 Å². The molecule has 0 aliphatic rings. The first-order chi connectivity index (χ1) is 9.63. The van der Waals surface area contributed by atoms with Crippen LogP contribution in [0.25, 0.3) is 10.2 Å². The Morgan fingerprint density at radius 1 is 1.25 bits per heavy atom. The second kappa shape index (κ2) is 5.84. The first-order valence-electron chi connectivity index (χ1n) is 6.38. The summed E-state index contributed by atoms with van der Waals surface area (Å²) >= 11 is 11.7. The zero-order valence-electron chi connectivity index (χ0n) is 10.9. The summed E-state index contributed by atoms with van der Waals surface area (Å²) in [6.45, 7) is 2.02. The number of para-hydroxylation sites is 1. The molecule has 0 aliphatic heterocycles. The Bertz CT molecular complexity index is 720. The molecular formula is C16H13BrClNS. The van der Waals surface area contributed by atoms with Crippen molar-refractivity contribution in [2.75, 3.05) is 0 Å². The smallest absolute Gasteiger partial charge is 0.0953 e. The van der Waals surface area contributed by atoms with Gasteiger partial charge in [-0.15, -0.1) is 11.3 Å². The minimum Gasteiger partial charge on any atom is -0.241 e. The van der Waals surface area contributed by atoms with E-state index in [1.165, 1.54) is 10.3 Å². The van der Waals surface area contributed by atoms with Gasteiger partial charge >= 0.3 is 0 Å². The van der Waals surface area contributed by atoms with Crippen molar-refractivity contribution in [3.8, 4) is 0 Å². The van der Waals surface area contributed by atoms with Gasteiger partial charge in [0.25, 0.3) is 0 Å². The summed E-state index contributed by atoms with van der Waals surface area (Å²) in [6, 6.07) is 14.5.